The Hall–Kier alpha value is -3.42. The zero-order valence-corrected chi connectivity index (χ0v) is 16.3. The summed E-state index contributed by atoms with van der Waals surface area (Å²) < 4.78 is 11.8. The molecule has 2 heterocycles. The number of anilines is 1. The first-order valence-corrected chi connectivity index (χ1v) is 8.83. The number of hydrogen-bond acceptors (Lipinski definition) is 6. The summed E-state index contributed by atoms with van der Waals surface area (Å²) in [7, 11) is 0. The number of rotatable bonds is 6. The maximum Gasteiger partial charge on any atom is 0.342 e. The molecule has 0 aliphatic carbocycles. The highest BCUT2D eigenvalue weighted by Crippen LogP contribution is 2.16. The molecule has 8 heteroatoms. The molecule has 3 aromatic rings. The quantitative estimate of drug-likeness (QED) is 0.658. The van der Waals surface area contributed by atoms with E-state index in [4.69, 9.17) is 9.26 Å². The van der Waals surface area contributed by atoms with E-state index in [1.165, 1.54) is 5.56 Å². The minimum atomic E-state index is -0.586. The Morgan fingerprint density at radius 3 is 2.50 bits per heavy atom. The van der Waals surface area contributed by atoms with E-state index in [1.54, 1.807) is 24.6 Å². The van der Waals surface area contributed by atoms with Gasteiger partial charge in [-0.1, -0.05) is 35.0 Å². The van der Waals surface area contributed by atoms with Gasteiger partial charge in [-0.2, -0.15) is 5.10 Å². The normalized spacial score (nSPS) is 10.7. The molecule has 0 saturated heterocycles. The number of aromatic nitrogens is 3. The summed E-state index contributed by atoms with van der Waals surface area (Å²) in [5.74, 6) is -0.239. The minimum absolute atomic E-state index is 0.275. The Balaban J connectivity index is 1.64. The SMILES string of the molecule is Cc1ccc(Cn2nc(C)c(C(=O)OCC(=O)Nc3cc(C)on3)c2C)cc1. The summed E-state index contributed by atoms with van der Waals surface area (Å²) >= 11 is 0. The first kappa shape index (κ1) is 19.3. The van der Waals surface area contributed by atoms with E-state index in [-0.39, 0.29) is 5.82 Å². The van der Waals surface area contributed by atoms with E-state index in [0.717, 1.165) is 5.56 Å². The third kappa shape index (κ3) is 4.46. The van der Waals surface area contributed by atoms with Gasteiger partial charge in [0.2, 0.25) is 0 Å². The number of ether oxygens (including phenoxy) is 1. The lowest BCUT2D eigenvalue weighted by Crippen LogP contribution is -2.21. The van der Waals surface area contributed by atoms with Gasteiger partial charge in [0.1, 0.15) is 11.3 Å². The Labute approximate surface area is 162 Å². The van der Waals surface area contributed by atoms with Crippen LogP contribution in [0.3, 0.4) is 0 Å². The van der Waals surface area contributed by atoms with Crippen molar-refractivity contribution in [2.45, 2.75) is 34.2 Å². The van der Waals surface area contributed by atoms with Crippen LogP contribution in [0.25, 0.3) is 0 Å². The van der Waals surface area contributed by atoms with Crippen molar-refractivity contribution < 1.29 is 18.8 Å². The van der Waals surface area contributed by atoms with Gasteiger partial charge in [-0.3, -0.25) is 9.48 Å². The summed E-state index contributed by atoms with van der Waals surface area (Å²) in [5, 5.41) is 10.6. The molecule has 3 rings (SSSR count). The van der Waals surface area contributed by atoms with Crippen molar-refractivity contribution in [2.75, 3.05) is 11.9 Å². The molecule has 8 nitrogen and oxygen atoms in total. The number of amides is 1. The van der Waals surface area contributed by atoms with E-state index in [1.807, 2.05) is 38.1 Å². The Morgan fingerprint density at radius 2 is 1.86 bits per heavy atom. The molecule has 0 spiro atoms. The van der Waals surface area contributed by atoms with Crippen molar-refractivity contribution in [3.8, 4) is 0 Å². The van der Waals surface area contributed by atoms with Crippen LogP contribution in [0.15, 0.2) is 34.9 Å². The second-order valence-electron chi connectivity index (χ2n) is 6.64. The smallest absolute Gasteiger partial charge is 0.342 e. The highest BCUT2D eigenvalue weighted by atomic mass is 16.5. The van der Waals surface area contributed by atoms with Gasteiger partial charge in [-0.25, -0.2) is 4.79 Å². The molecule has 1 N–H and O–H groups in total. The summed E-state index contributed by atoms with van der Waals surface area (Å²) in [6, 6.07) is 9.69. The third-order valence-corrected chi connectivity index (χ3v) is 4.27. The fourth-order valence-corrected chi connectivity index (χ4v) is 2.82. The topological polar surface area (TPSA) is 99.2 Å². The van der Waals surface area contributed by atoms with Crippen molar-refractivity contribution in [1.82, 2.24) is 14.9 Å². The summed E-state index contributed by atoms with van der Waals surface area (Å²) in [4.78, 5) is 24.4. The molecule has 1 aromatic carbocycles. The minimum Gasteiger partial charge on any atom is -0.452 e. The number of carbonyl (C=O) groups excluding carboxylic acids is 2. The Kier molecular flexibility index (Phi) is 5.58. The Morgan fingerprint density at radius 1 is 1.14 bits per heavy atom. The van der Waals surface area contributed by atoms with Gasteiger partial charge in [-0.05, 0) is 33.3 Å². The first-order valence-electron chi connectivity index (χ1n) is 8.83. The van der Waals surface area contributed by atoms with Gasteiger partial charge in [0.25, 0.3) is 5.91 Å². The number of nitrogens with zero attached hydrogens (tertiary/aromatic N) is 3. The third-order valence-electron chi connectivity index (χ3n) is 4.27. The molecule has 0 aliphatic rings. The van der Waals surface area contributed by atoms with Crippen molar-refractivity contribution >= 4 is 17.7 Å². The van der Waals surface area contributed by atoms with Crippen molar-refractivity contribution in [1.29, 1.82) is 0 Å². The summed E-state index contributed by atoms with van der Waals surface area (Å²) in [6.07, 6.45) is 0. The van der Waals surface area contributed by atoms with Crippen LogP contribution in [-0.4, -0.2) is 33.4 Å². The molecule has 146 valence electrons. The van der Waals surface area contributed by atoms with Crippen LogP contribution in [0.2, 0.25) is 0 Å². The molecule has 0 bridgehead atoms. The summed E-state index contributed by atoms with van der Waals surface area (Å²) in [5.41, 5.74) is 3.88. The molecule has 0 fully saturated rings. The predicted octanol–water partition coefficient (Wildman–Crippen LogP) is 2.95. The fraction of sp³-hybridized carbons (Fsp3) is 0.300. The number of esters is 1. The lowest BCUT2D eigenvalue weighted by molar-refractivity contribution is -0.119. The largest absolute Gasteiger partial charge is 0.452 e. The molecular weight excluding hydrogens is 360 g/mol. The van der Waals surface area contributed by atoms with Crippen LogP contribution in [0.5, 0.6) is 0 Å². The molecule has 1 amide bonds. The number of aryl methyl sites for hydroxylation is 3. The van der Waals surface area contributed by atoms with Crippen LogP contribution in [0, 0.1) is 27.7 Å². The molecule has 28 heavy (non-hydrogen) atoms. The number of benzene rings is 1. The maximum atomic E-state index is 12.5. The standard InChI is InChI=1S/C20H22N4O4/c1-12-5-7-16(8-6-12)10-24-15(4)19(14(3)22-24)20(26)27-11-18(25)21-17-9-13(2)28-23-17/h5-9H,10-11H2,1-4H3,(H,21,23,25). The average Bonchev–Trinajstić information content (AvgIpc) is 3.17. The zero-order chi connectivity index (χ0) is 20.3. The second kappa shape index (κ2) is 8.08. The lowest BCUT2D eigenvalue weighted by Gasteiger charge is -2.07. The molecule has 0 saturated carbocycles. The molecular formula is C20H22N4O4. The van der Waals surface area contributed by atoms with E-state index in [2.05, 4.69) is 15.6 Å². The highest BCUT2D eigenvalue weighted by Gasteiger charge is 2.21. The van der Waals surface area contributed by atoms with Gasteiger partial charge in [0.05, 0.1) is 17.9 Å². The number of nitrogens with one attached hydrogen (secondary N) is 1. The van der Waals surface area contributed by atoms with Gasteiger partial charge in [0.15, 0.2) is 12.4 Å². The second-order valence-corrected chi connectivity index (χ2v) is 6.64. The molecule has 2 aromatic heterocycles. The molecule has 0 unspecified atom stereocenters. The van der Waals surface area contributed by atoms with E-state index in [9.17, 15) is 9.59 Å². The van der Waals surface area contributed by atoms with Crippen LogP contribution < -0.4 is 5.32 Å². The first-order chi connectivity index (χ1) is 13.3. The molecule has 0 atom stereocenters. The number of hydrogen-bond donors (Lipinski definition) is 1. The lowest BCUT2D eigenvalue weighted by atomic mass is 10.1. The zero-order valence-electron chi connectivity index (χ0n) is 16.3. The average molecular weight is 382 g/mol. The monoisotopic (exact) mass is 382 g/mol. The number of carbonyl (C=O) groups is 2. The van der Waals surface area contributed by atoms with E-state index >= 15 is 0 Å². The van der Waals surface area contributed by atoms with Gasteiger partial charge < -0.3 is 14.6 Å². The van der Waals surface area contributed by atoms with Gasteiger partial charge >= 0.3 is 5.97 Å². The van der Waals surface area contributed by atoms with E-state index in [0.29, 0.717) is 29.3 Å². The van der Waals surface area contributed by atoms with Crippen molar-refractivity contribution in [3.63, 3.8) is 0 Å². The summed E-state index contributed by atoms with van der Waals surface area (Å²) in [6.45, 7) is 7.42. The van der Waals surface area contributed by atoms with Crippen LogP contribution in [-0.2, 0) is 16.1 Å². The predicted molar refractivity (Wildman–Crippen MR) is 102 cm³/mol. The van der Waals surface area contributed by atoms with Crippen molar-refractivity contribution in [2.24, 2.45) is 0 Å². The Bertz CT molecular complexity index is 1000. The maximum absolute atomic E-state index is 12.5. The fourth-order valence-electron chi connectivity index (χ4n) is 2.82. The van der Waals surface area contributed by atoms with Crippen molar-refractivity contribution in [3.05, 3.63) is 64.2 Å². The molecule has 0 aliphatic heterocycles. The van der Waals surface area contributed by atoms with Crippen LogP contribution in [0.4, 0.5) is 5.82 Å². The molecule has 0 radical (unpaired) electrons. The van der Waals surface area contributed by atoms with Gasteiger partial charge in [-0.15, -0.1) is 0 Å². The van der Waals surface area contributed by atoms with E-state index < -0.39 is 18.5 Å². The van der Waals surface area contributed by atoms with Crippen LogP contribution >= 0.6 is 0 Å². The highest BCUT2D eigenvalue weighted by molar-refractivity contribution is 5.96. The van der Waals surface area contributed by atoms with Gasteiger partial charge in [0, 0.05) is 6.07 Å². The van der Waals surface area contributed by atoms with Crippen LogP contribution in [0.1, 0.15) is 38.6 Å².